The normalized spacial score (nSPS) is 30.4. The van der Waals surface area contributed by atoms with Crippen molar-refractivity contribution in [3.05, 3.63) is 0 Å². The van der Waals surface area contributed by atoms with Crippen molar-refractivity contribution in [2.45, 2.75) is 51.1 Å². The molecule has 0 radical (unpaired) electrons. The van der Waals surface area contributed by atoms with Crippen molar-refractivity contribution in [3.63, 3.8) is 0 Å². The molecule has 1 N–H and O–H groups in total. The first-order valence-corrected chi connectivity index (χ1v) is 4.66. The van der Waals surface area contributed by atoms with E-state index in [0.29, 0.717) is 12.1 Å². The van der Waals surface area contributed by atoms with E-state index in [0.717, 1.165) is 32.1 Å². The van der Waals surface area contributed by atoms with Crippen LogP contribution in [0.3, 0.4) is 0 Å². The van der Waals surface area contributed by atoms with E-state index in [1.807, 2.05) is 0 Å². The molecule has 0 aliphatic carbocycles. The molecule has 68 valence electrons. The summed E-state index contributed by atoms with van der Waals surface area (Å²) in [5.41, 5.74) is 0. The van der Waals surface area contributed by atoms with Gasteiger partial charge in [-0.25, -0.2) is 0 Å². The lowest BCUT2D eigenvalue weighted by Gasteiger charge is -2.20. The molecule has 2 nitrogen and oxygen atoms in total. The van der Waals surface area contributed by atoms with Gasteiger partial charge in [-0.05, 0) is 32.6 Å². The fourth-order valence-corrected chi connectivity index (χ4v) is 1.77. The van der Waals surface area contributed by atoms with Gasteiger partial charge in [-0.2, -0.15) is 5.06 Å². The third-order valence-corrected chi connectivity index (χ3v) is 2.60. The molecule has 0 saturated carbocycles. The summed E-state index contributed by atoms with van der Waals surface area (Å²) in [4.78, 5) is 0. The van der Waals surface area contributed by atoms with Crippen molar-refractivity contribution in [2.75, 3.05) is 0 Å². The first-order valence-electron chi connectivity index (χ1n) is 4.66. The first-order chi connectivity index (χ1) is 5.75. The van der Waals surface area contributed by atoms with Crippen molar-refractivity contribution in [1.29, 1.82) is 0 Å². The average Bonchev–Trinajstić information content (AvgIpc) is 2.36. The minimum Gasteiger partial charge on any atom is -0.313 e. The van der Waals surface area contributed by atoms with E-state index in [2.05, 4.69) is 12.8 Å². The Balaban J connectivity index is 2.21. The molecule has 1 fully saturated rings. The van der Waals surface area contributed by atoms with Crippen LogP contribution in [0.25, 0.3) is 0 Å². The Morgan fingerprint density at radius 3 is 2.83 bits per heavy atom. The fraction of sp³-hybridized carbons (Fsp3) is 0.800. The highest BCUT2D eigenvalue weighted by Gasteiger charge is 2.28. The molecular formula is C10H17NO. The van der Waals surface area contributed by atoms with Crippen LogP contribution in [-0.2, 0) is 0 Å². The van der Waals surface area contributed by atoms with Gasteiger partial charge in [0.1, 0.15) is 0 Å². The van der Waals surface area contributed by atoms with Gasteiger partial charge in [0, 0.05) is 18.5 Å². The van der Waals surface area contributed by atoms with Gasteiger partial charge in [0.05, 0.1) is 0 Å². The molecule has 1 heterocycles. The number of rotatable bonds is 3. The van der Waals surface area contributed by atoms with Crippen LogP contribution in [-0.4, -0.2) is 22.4 Å². The molecule has 2 atom stereocenters. The van der Waals surface area contributed by atoms with Crippen molar-refractivity contribution in [2.24, 2.45) is 0 Å². The van der Waals surface area contributed by atoms with E-state index < -0.39 is 0 Å². The maximum atomic E-state index is 9.54. The van der Waals surface area contributed by atoms with Crippen molar-refractivity contribution < 1.29 is 5.21 Å². The molecule has 0 aromatic rings. The Morgan fingerprint density at radius 1 is 1.58 bits per heavy atom. The maximum absolute atomic E-state index is 9.54. The van der Waals surface area contributed by atoms with Gasteiger partial charge in [0.2, 0.25) is 0 Å². The second kappa shape index (κ2) is 4.49. The topological polar surface area (TPSA) is 23.5 Å². The maximum Gasteiger partial charge on any atom is 0.0354 e. The molecule has 0 spiro atoms. The summed E-state index contributed by atoms with van der Waals surface area (Å²) in [6, 6.07) is 0.689. The van der Waals surface area contributed by atoms with Crippen LogP contribution in [0.1, 0.15) is 39.0 Å². The molecule has 1 saturated heterocycles. The number of hydrogen-bond donors (Lipinski definition) is 1. The molecule has 0 unspecified atom stereocenters. The van der Waals surface area contributed by atoms with Crippen LogP contribution in [0.5, 0.6) is 0 Å². The molecule has 1 rings (SSSR count). The van der Waals surface area contributed by atoms with Crippen molar-refractivity contribution in [3.8, 4) is 12.3 Å². The zero-order valence-corrected chi connectivity index (χ0v) is 7.66. The van der Waals surface area contributed by atoms with Crippen LogP contribution in [0.4, 0.5) is 0 Å². The van der Waals surface area contributed by atoms with Crippen LogP contribution < -0.4 is 0 Å². The summed E-state index contributed by atoms with van der Waals surface area (Å²) < 4.78 is 0. The number of nitrogens with zero attached hydrogens (tertiary/aromatic N) is 1. The Labute approximate surface area is 74.5 Å². The summed E-state index contributed by atoms with van der Waals surface area (Å²) in [7, 11) is 0. The summed E-state index contributed by atoms with van der Waals surface area (Å²) in [5, 5.41) is 11.0. The van der Waals surface area contributed by atoms with Crippen LogP contribution in [0.15, 0.2) is 0 Å². The molecule has 0 aromatic carbocycles. The third kappa shape index (κ3) is 2.23. The lowest BCUT2D eigenvalue weighted by molar-refractivity contribution is -0.130. The first kappa shape index (κ1) is 9.57. The lowest BCUT2D eigenvalue weighted by atomic mass is 10.1. The molecule has 0 aromatic heterocycles. The fourth-order valence-electron chi connectivity index (χ4n) is 1.77. The highest BCUT2D eigenvalue weighted by atomic mass is 16.5. The number of terminal acetylenes is 1. The van der Waals surface area contributed by atoms with Gasteiger partial charge < -0.3 is 5.21 Å². The molecule has 1 aliphatic heterocycles. The third-order valence-electron chi connectivity index (χ3n) is 2.60. The summed E-state index contributed by atoms with van der Waals surface area (Å²) in [6.07, 6.45) is 10.3. The van der Waals surface area contributed by atoms with E-state index in [1.165, 1.54) is 5.06 Å². The van der Waals surface area contributed by atoms with Gasteiger partial charge in [0.25, 0.3) is 0 Å². The monoisotopic (exact) mass is 167 g/mol. The Hall–Kier alpha value is -0.520. The molecule has 0 bridgehead atoms. The van der Waals surface area contributed by atoms with E-state index in [1.54, 1.807) is 0 Å². The quantitative estimate of drug-likeness (QED) is 0.513. The average molecular weight is 167 g/mol. The van der Waals surface area contributed by atoms with Crippen molar-refractivity contribution >= 4 is 0 Å². The standard InChI is InChI=1S/C10H17NO/c1-3-4-5-6-10-8-7-9(2)11(10)12/h1,9-10,12H,4-8H2,2H3/t9-,10+/m1/s1. The van der Waals surface area contributed by atoms with Gasteiger partial charge >= 0.3 is 0 Å². The van der Waals surface area contributed by atoms with Crippen LogP contribution >= 0.6 is 0 Å². The van der Waals surface area contributed by atoms with Crippen molar-refractivity contribution in [1.82, 2.24) is 5.06 Å². The predicted molar refractivity (Wildman–Crippen MR) is 48.8 cm³/mol. The highest BCUT2D eigenvalue weighted by molar-refractivity contribution is 4.85. The smallest absolute Gasteiger partial charge is 0.0354 e. The number of hydrogen-bond acceptors (Lipinski definition) is 2. The van der Waals surface area contributed by atoms with Gasteiger partial charge in [-0.1, -0.05) is 0 Å². The highest BCUT2D eigenvalue weighted by Crippen LogP contribution is 2.24. The largest absolute Gasteiger partial charge is 0.313 e. The van der Waals surface area contributed by atoms with E-state index >= 15 is 0 Å². The molecular weight excluding hydrogens is 150 g/mol. The minimum absolute atomic E-state index is 0.334. The second-order valence-electron chi connectivity index (χ2n) is 3.56. The molecule has 1 aliphatic rings. The predicted octanol–water partition coefficient (Wildman–Crippen LogP) is 2.03. The Kier molecular flexibility index (Phi) is 3.58. The van der Waals surface area contributed by atoms with Gasteiger partial charge in [0.15, 0.2) is 0 Å². The van der Waals surface area contributed by atoms with E-state index in [-0.39, 0.29) is 0 Å². The van der Waals surface area contributed by atoms with E-state index in [9.17, 15) is 5.21 Å². The zero-order chi connectivity index (χ0) is 8.97. The molecule has 12 heavy (non-hydrogen) atoms. The van der Waals surface area contributed by atoms with Gasteiger partial charge in [-0.15, -0.1) is 12.3 Å². The second-order valence-corrected chi connectivity index (χ2v) is 3.56. The van der Waals surface area contributed by atoms with Crippen LogP contribution in [0, 0.1) is 12.3 Å². The molecule has 2 heteroatoms. The van der Waals surface area contributed by atoms with Gasteiger partial charge in [-0.3, -0.25) is 0 Å². The Morgan fingerprint density at radius 2 is 2.33 bits per heavy atom. The minimum atomic E-state index is 0.334. The summed E-state index contributed by atoms with van der Waals surface area (Å²) >= 11 is 0. The Bertz CT molecular complexity index is 173. The summed E-state index contributed by atoms with van der Waals surface area (Å²) in [5.74, 6) is 2.62. The van der Waals surface area contributed by atoms with Crippen LogP contribution in [0.2, 0.25) is 0 Å². The lowest BCUT2D eigenvalue weighted by Crippen LogP contribution is -2.30. The number of hydroxylamine groups is 2. The van der Waals surface area contributed by atoms with E-state index in [4.69, 9.17) is 6.42 Å². The molecule has 0 amide bonds. The zero-order valence-electron chi connectivity index (χ0n) is 7.66. The SMILES string of the molecule is C#CCCC[C@H]1CC[C@@H](C)N1O. The number of unbranched alkanes of at least 4 members (excludes halogenated alkanes) is 1. The summed E-state index contributed by atoms with van der Waals surface area (Å²) in [6.45, 7) is 2.06.